The van der Waals surface area contributed by atoms with Crippen LogP contribution in [0.15, 0.2) is 22.7 Å². The lowest BCUT2D eigenvalue weighted by Crippen LogP contribution is -2.35. The van der Waals surface area contributed by atoms with Crippen molar-refractivity contribution in [1.29, 1.82) is 0 Å². The third kappa shape index (κ3) is 3.03. The molecular weight excluding hydrogens is 312 g/mol. The summed E-state index contributed by atoms with van der Waals surface area (Å²) in [5.41, 5.74) is 1.14. The molecule has 1 heterocycles. The number of aliphatic hydroxyl groups excluding tert-OH is 1. The van der Waals surface area contributed by atoms with Gasteiger partial charge in [-0.15, -0.1) is 0 Å². The van der Waals surface area contributed by atoms with Gasteiger partial charge < -0.3 is 9.84 Å². The lowest BCUT2D eigenvalue weighted by Gasteiger charge is -2.29. The Kier molecular flexibility index (Phi) is 4.62. The smallest absolute Gasteiger partial charge is 0.133 e. The summed E-state index contributed by atoms with van der Waals surface area (Å²) in [7, 11) is 1.66. The number of thioether (sulfide) groups is 1. The average Bonchev–Trinajstić information content (AvgIpc) is 2.78. The highest BCUT2D eigenvalue weighted by Crippen LogP contribution is 2.41. The summed E-state index contributed by atoms with van der Waals surface area (Å²) in [6.07, 6.45) is 2.73. The van der Waals surface area contributed by atoms with E-state index in [2.05, 4.69) is 22.9 Å². The van der Waals surface area contributed by atoms with Gasteiger partial charge in [0, 0.05) is 4.75 Å². The van der Waals surface area contributed by atoms with Crippen LogP contribution in [0, 0.1) is 0 Å². The highest BCUT2D eigenvalue weighted by molar-refractivity contribution is 9.10. The molecular formula is C14H19BrO2S. The summed E-state index contributed by atoms with van der Waals surface area (Å²) >= 11 is 5.38. The molecule has 1 aromatic carbocycles. The molecule has 1 N–H and O–H groups in total. The lowest BCUT2D eigenvalue weighted by atomic mass is 9.93. The zero-order valence-electron chi connectivity index (χ0n) is 10.8. The van der Waals surface area contributed by atoms with Gasteiger partial charge in [0.05, 0.1) is 17.7 Å². The number of halogens is 1. The summed E-state index contributed by atoms with van der Waals surface area (Å²) < 4.78 is 6.17. The van der Waals surface area contributed by atoms with Gasteiger partial charge in [-0.25, -0.2) is 0 Å². The van der Waals surface area contributed by atoms with Crippen LogP contribution in [0.3, 0.4) is 0 Å². The quantitative estimate of drug-likeness (QED) is 0.913. The molecule has 2 unspecified atom stereocenters. The summed E-state index contributed by atoms with van der Waals surface area (Å²) in [5, 5.41) is 10.4. The first-order valence-corrected chi connectivity index (χ1v) is 7.97. The number of ether oxygens (including phenoxy) is 1. The molecule has 0 bridgehead atoms. The van der Waals surface area contributed by atoms with Gasteiger partial charge in [0.15, 0.2) is 0 Å². The van der Waals surface area contributed by atoms with E-state index in [-0.39, 0.29) is 10.9 Å². The lowest BCUT2D eigenvalue weighted by molar-refractivity contribution is 0.133. The predicted octanol–water partition coefficient (Wildman–Crippen LogP) is 3.65. The van der Waals surface area contributed by atoms with Crippen LogP contribution in [-0.4, -0.2) is 28.8 Å². The molecule has 2 atom stereocenters. The Hall–Kier alpha value is -0.190. The molecule has 4 heteroatoms. The second-order valence-corrected chi connectivity index (χ2v) is 7.44. The van der Waals surface area contributed by atoms with E-state index in [1.807, 2.05) is 30.0 Å². The topological polar surface area (TPSA) is 29.5 Å². The Morgan fingerprint density at radius 3 is 2.89 bits per heavy atom. The molecule has 0 spiro atoms. The van der Waals surface area contributed by atoms with E-state index in [1.165, 1.54) is 12.2 Å². The number of hydrogen-bond acceptors (Lipinski definition) is 3. The SMILES string of the molecule is COc1ccc(CC(O)C2(C)CCCS2)cc1Br. The largest absolute Gasteiger partial charge is 0.496 e. The first-order chi connectivity index (χ1) is 8.55. The van der Waals surface area contributed by atoms with Gasteiger partial charge in [0.1, 0.15) is 5.75 Å². The number of aliphatic hydroxyl groups is 1. The van der Waals surface area contributed by atoms with E-state index >= 15 is 0 Å². The molecule has 1 aliphatic rings. The number of hydrogen-bond donors (Lipinski definition) is 1. The van der Waals surface area contributed by atoms with Crippen molar-refractivity contribution in [3.05, 3.63) is 28.2 Å². The van der Waals surface area contributed by atoms with Crippen LogP contribution < -0.4 is 4.74 Å². The van der Waals surface area contributed by atoms with Crippen molar-refractivity contribution in [3.8, 4) is 5.75 Å². The summed E-state index contributed by atoms with van der Waals surface area (Å²) in [6.45, 7) is 2.17. The standard InChI is InChI=1S/C14H19BrO2S/c1-14(6-3-7-18-14)13(16)9-10-4-5-12(17-2)11(15)8-10/h4-5,8,13,16H,3,6-7,9H2,1-2H3. The maximum Gasteiger partial charge on any atom is 0.133 e. The molecule has 0 aromatic heterocycles. The Morgan fingerprint density at radius 2 is 2.33 bits per heavy atom. The number of rotatable bonds is 4. The first kappa shape index (κ1) is 14.2. The second-order valence-electron chi connectivity index (χ2n) is 4.95. The fraction of sp³-hybridized carbons (Fsp3) is 0.571. The van der Waals surface area contributed by atoms with Crippen molar-refractivity contribution in [2.75, 3.05) is 12.9 Å². The van der Waals surface area contributed by atoms with Gasteiger partial charge in [0.2, 0.25) is 0 Å². The van der Waals surface area contributed by atoms with Crippen LogP contribution in [0.4, 0.5) is 0 Å². The average molecular weight is 331 g/mol. The van der Waals surface area contributed by atoms with Gasteiger partial charge in [-0.3, -0.25) is 0 Å². The Bertz CT molecular complexity index is 416. The zero-order valence-corrected chi connectivity index (χ0v) is 13.2. The molecule has 1 fully saturated rings. The van der Waals surface area contributed by atoms with Crippen LogP contribution in [0.25, 0.3) is 0 Å². The Labute approximate surface area is 121 Å². The number of methoxy groups -OCH3 is 1. The van der Waals surface area contributed by atoms with E-state index < -0.39 is 0 Å². The minimum Gasteiger partial charge on any atom is -0.496 e. The minimum absolute atomic E-state index is 0.0202. The molecule has 0 saturated carbocycles. The molecule has 0 amide bonds. The Balaban J connectivity index is 2.07. The number of benzene rings is 1. The van der Waals surface area contributed by atoms with Crippen molar-refractivity contribution in [1.82, 2.24) is 0 Å². The van der Waals surface area contributed by atoms with E-state index in [0.717, 1.165) is 22.2 Å². The maximum absolute atomic E-state index is 10.4. The van der Waals surface area contributed by atoms with Crippen molar-refractivity contribution < 1.29 is 9.84 Å². The molecule has 1 aliphatic heterocycles. The van der Waals surface area contributed by atoms with Crippen molar-refractivity contribution in [2.24, 2.45) is 0 Å². The molecule has 0 aliphatic carbocycles. The second kappa shape index (κ2) is 5.85. The molecule has 2 nitrogen and oxygen atoms in total. The predicted molar refractivity (Wildman–Crippen MR) is 80.5 cm³/mol. The first-order valence-electron chi connectivity index (χ1n) is 6.19. The molecule has 100 valence electrons. The van der Waals surface area contributed by atoms with Gasteiger partial charge in [-0.2, -0.15) is 11.8 Å². The van der Waals surface area contributed by atoms with Gasteiger partial charge in [0.25, 0.3) is 0 Å². The molecule has 1 aromatic rings. The maximum atomic E-state index is 10.4. The summed E-state index contributed by atoms with van der Waals surface area (Å²) in [6, 6.07) is 6.00. The van der Waals surface area contributed by atoms with Crippen LogP contribution in [0.5, 0.6) is 5.75 Å². The van der Waals surface area contributed by atoms with E-state index in [4.69, 9.17) is 4.74 Å². The van der Waals surface area contributed by atoms with E-state index in [9.17, 15) is 5.11 Å². The fourth-order valence-electron chi connectivity index (χ4n) is 2.34. The van der Waals surface area contributed by atoms with Crippen LogP contribution in [-0.2, 0) is 6.42 Å². The van der Waals surface area contributed by atoms with Gasteiger partial charge in [-0.1, -0.05) is 6.07 Å². The fourth-order valence-corrected chi connectivity index (χ4v) is 4.25. The van der Waals surface area contributed by atoms with Crippen molar-refractivity contribution >= 4 is 27.7 Å². The summed E-state index contributed by atoms with van der Waals surface area (Å²) in [4.78, 5) is 0. The van der Waals surface area contributed by atoms with Gasteiger partial charge >= 0.3 is 0 Å². The molecule has 0 radical (unpaired) electrons. The molecule has 1 saturated heterocycles. The van der Waals surface area contributed by atoms with E-state index in [1.54, 1.807) is 7.11 Å². The normalized spacial score (nSPS) is 25.1. The van der Waals surface area contributed by atoms with Crippen molar-refractivity contribution in [2.45, 2.75) is 37.0 Å². The zero-order chi connectivity index (χ0) is 13.2. The summed E-state index contributed by atoms with van der Waals surface area (Å²) in [5.74, 6) is 1.99. The molecule has 18 heavy (non-hydrogen) atoms. The van der Waals surface area contributed by atoms with Crippen LogP contribution in [0.1, 0.15) is 25.3 Å². The van der Waals surface area contributed by atoms with Crippen molar-refractivity contribution in [3.63, 3.8) is 0 Å². The van der Waals surface area contributed by atoms with E-state index in [0.29, 0.717) is 6.42 Å². The Morgan fingerprint density at radius 1 is 1.56 bits per heavy atom. The van der Waals surface area contributed by atoms with Crippen LogP contribution in [0.2, 0.25) is 0 Å². The minimum atomic E-state index is -0.287. The third-order valence-corrected chi connectivity index (χ3v) is 5.85. The van der Waals surface area contributed by atoms with Crippen LogP contribution >= 0.6 is 27.7 Å². The highest BCUT2D eigenvalue weighted by atomic mass is 79.9. The monoisotopic (exact) mass is 330 g/mol. The highest BCUT2D eigenvalue weighted by Gasteiger charge is 2.36. The van der Waals surface area contributed by atoms with Gasteiger partial charge in [-0.05, 0) is 65.6 Å². The third-order valence-electron chi connectivity index (χ3n) is 3.60. The molecule has 2 rings (SSSR count).